The summed E-state index contributed by atoms with van der Waals surface area (Å²) in [5, 5.41) is 14.1. The first-order valence-corrected chi connectivity index (χ1v) is 6.29. The second kappa shape index (κ2) is 4.17. The molecule has 4 rings (SSSR count). The van der Waals surface area contributed by atoms with Crippen molar-refractivity contribution in [2.45, 2.75) is 0 Å². The summed E-state index contributed by atoms with van der Waals surface area (Å²) in [6, 6.07) is 12.6. The molecule has 0 bridgehead atoms. The molecule has 0 unspecified atom stereocenters. The Bertz CT molecular complexity index is 951. The zero-order valence-electron chi connectivity index (χ0n) is 10.7. The molecule has 1 aromatic carbocycles. The predicted molar refractivity (Wildman–Crippen MR) is 75.2 cm³/mol. The van der Waals surface area contributed by atoms with E-state index < -0.39 is 5.97 Å². The van der Waals surface area contributed by atoms with Gasteiger partial charge in [0.05, 0.1) is 6.20 Å². The van der Waals surface area contributed by atoms with Gasteiger partial charge in [-0.25, -0.2) is 14.3 Å². The van der Waals surface area contributed by atoms with Crippen LogP contribution >= 0.6 is 0 Å². The molecule has 4 aromatic rings. The van der Waals surface area contributed by atoms with Crippen molar-refractivity contribution in [3.05, 3.63) is 54.4 Å². The first-order chi connectivity index (χ1) is 10.2. The van der Waals surface area contributed by atoms with Crippen LogP contribution in [0, 0.1) is 0 Å². The first kappa shape index (κ1) is 11.7. The molecule has 6 nitrogen and oxygen atoms in total. The Labute approximate surface area is 118 Å². The average molecular weight is 279 g/mol. The predicted octanol–water partition coefficient (Wildman–Crippen LogP) is 2.84. The number of carboxylic acids is 1. The van der Waals surface area contributed by atoms with Crippen molar-refractivity contribution in [2.75, 3.05) is 0 Å². The highest BCUT2D eigenvalue weighted by Crippen LogP contribution is 2.27. The molecule has 0 atom stereocenters. The van der Waals surface area contributed by atoms with E-state index in [-0.39, 0.29) is 5.69 Å². The molecular weight excluding hydrogens is 270 g/mol. The van der Waals surface area contributed by atoms with Gasteiger partial charge in [-0.2, -0.15) is 5.10 Å². The lowest BCUT2D eigenvalue weighted by Gasteiger charge is -1.98. The van der Waals surface area contributed by atoms with Crippen molar-refractivity contribution in [3.8, 4) is 11.5 Å². The van der Waals surface area contributed by atoms with Crippen LogP contribution < -0.4 is 0 Å². The van der Waals surface area contributed by atoms with E-state index in [0.717, 1.165) is 11.0 Å². The third kappa shape index (κ3) is 1.77. The van der Waals surface area contributed by atoms with Crippen LogP contribution in [0.2, 0.25) is 0 Å². The maximum Gasteiger partial charge on any atom is 0.356 e. The number of aromatic carboxylic acids is 1. The highest BCUT2D eigenvalue weighted by molar-refractivity contribution is 5.86. The SMILES string of the molecule is O=C(O)c1ccc2ncc(-c3cc4ccccc4o3)n2n1. The molecule has 0 amide bonds. The molecule has 0 aliphatic rings. The molecule has 0 saturated heterocycles. The van der Waals surface area contributed by atoms with Gasteiger partial charge in [-0.1, -0.05) is 18.2 Å². The van der Waals surface area contributed by atoms with E-state index in [2.05, 4.69) is 10.1 Å². The number of hydrogen-bond donors (Lipinski definition) is 1. The molecule has 0 spiro atoms. The van der Waals surface area contributed by atoms with Gasteiger partial charge in [-0.3, -0.25) is 0 Å². The van der Waals surface area contributed by atoms with E-state index in [0.29, 0.717) is 17.1 Å². The Morgan fingerprint density at radius 1 is 1.19 bits per heavy atom. The van der Waals surface area contributed by atoms with E-state index in [4.69, 9.17) is 9.52 Å². The van der Waals surface area contributed by atoms with Crippen molar-refractivity contribution in [3.63, 3.8) is 0 Å². The first-order valence-electron chi connectivity index (χ1n) is 6.29. The van der Waals surface area contributed by atoms with E-state index in [1.165, 1.54) is 10.6 Å². The van der Waals surface area contributed by atoms with Crippen LogP contribution in [0.15, 0.2) is 53.1 Å². The molecule has 0 saturated carbocycles. The molecule has 0 fully saturated rings. The minimum atomic E-state index is -1.08. The summed E-state index contributed by atoms with van der Waals surface area (Å²) >= 11 is 0. The van der Waals surface area contributed by atoms with Crippen LogP contribution in [0.3, 0.4) is 0 Å². The minimum Gasteiger partial charge on any atom is -0.476 e. The molecule has 0 radical (unpaired) electrons. The van der Waals surface area contributed by atoms with Crippen LogP contribution in [-0.4, -0.2) is 25.7 Å². The van der Waals surface area contributed by atoms with Crippen molar-refractivity contribution in [1.29, 1.82) is 0 Å². The van der Waals surface area contributed by atoms with Crippen LogP contribution in [0.25, 0.3) is 28.1 Å². The Morgan fingerprint density at radius 2 is 2.05 bits per heavy atom. The fourth-order valence-corrected chi connectivity index (χ4v) is 2.26. The van der Waals surface area contributed by atoms with Crippen LogP contribution in [0.1, 0.15) is 10.5 Å². The summed E-state index contributed by atoms with van der Waals surface area (Å²) in [4.78, 5) is 15.2. The van der Waals surface area contributed by atoms with E-state index in [9.17, 15) is 4.79 Å². The number of imidazole rings is 1. The monoisotopic (exact) mass is 279 g/mol. The third-order valence-corrected chi connectivity index (χ3v) is 3.26. The maximum absolute atomic E-state index is 11.0. The lowest BCUT2D eigenvalue weighted by molar-refractivity contribution is 0.0689. The smallest absolute Gasteiger partial charge is 0.356 e. The lowest BCUT2D eigenvalue weighted by atomic mass is 10.2. The highest BCUT2D eigenvalue weighted by Gasteiger charge is 2.14. The number of hydrogen-bond acceptors (Lipinski definition) is 4. The Kier molecular flexibility index (Phi) is 2.32. The molecule has 3 aromatic heterocycles. The molecule has 1 N–H and O–H groups in total. The fourth-order valence-electron chi connectivity index (χ4n) is 2.26. The number of para-hydroxylation sites is 1. The zero-order valence-corrected chi connectivity index (χ0v) is 10.7. The second-order valence-corrected chi connectivity index (χ2v) is 4.59. The number of rotatable bonds is 2. The molecular formula is C15H9N3O3. The molecule has 0 aliphatic heterocycles. The van der Waals surface area contributed by atoms with Crippen LogP contribution in [-0.2, 0) is 0 Å². The Hall–Kier alpha value is -3.15. The standard InChI is InChI=1S/C15H9N3O3/c19-15(20)10-5-6-14-16-8-11(18(14)17-10)13-7-9-3-1-2-4-12(9)21-13/h1-8H,(H,19,20). The number of carbonyl (C=O) groups is 1. The number of fused-ring (bicyclic) bond motifs is 2. The number of carboxylic acid groups (broad SMARTS) is 1. The molecule has 6 heteroatoms. The highest BCUT2D eigenvalue weighted by atomic mass is 16.4. The molecule has 3 heterocycles. The van der Waals surface area contributed by atoms with Gasteiger partial charge in [-0.15, -0.1) is 0 Å². The van der Waals surface area contributed by atoms with Crippen molar-refractivity contribution >= 4 is 22.6 Å². The van der Waals surface area contributed by atoms with E-state index in [1.807, 2.05) is 30.3 Å². The average Bonchev–Trinajstić information content (AvgIpc) is 3.09. The number of aromatic nitrogens is 3. The van der Waals surface area contributed by atoms with Gasteiger partial charge in [0.25, 0.3) is 0 Å². The van der Waals surface area contributed by atoms with Crippen molar-refractivity contribution < 1.29 is 14.3 Å². The number of benzene rings is 1. The summed E-state index contributed by atoms with van der Waals surface area (Å²) in [5.41, 5.74) is 1.90. The third-order valence-electron chi connectivity index (χ3n) is 3.26. The van der Waals surface area contributed by atoms with E-state index >= 15 is 0 Å². The van der Waals surface area contributed by atoms with Gasteiger partial charge in [0, 0.05) is 5.39 Å². The normalized spacial score (nSPS) is 11.2. The maximum atomic E-state index is 11.0. The summed E-state index contributed by atoms with van der Waals surface area (Å²) in [5.74, 6) is -0.486. The second-order valence-electron chi connectivity index (χ2n) is 4.59. The van der Waals surface area contributed by atoms with Crippen molar-refractivity contribution in [1.82, 2.24) is 14.6 Å². The van der Waals surface area contributed by atoms with Crippen LogP contribution in [0.5, 0.6) is 0 Å². The molecule has 21 heavy (non-hydrogen) atoms. The molecule has 102 valence electrons. The van der Waals surface area contributed by atoms with Gasteiger partial charge in [0.15, 0.2) is 17.1 Å². The van der Waals surface area contributed by atoms with E-state index in [1.54, 1.807) is 12.3 Å². The van der Waals surface area contributed by atoms with Crippen molar-refractivity contribution in [2.24, 2.45) is 0 Å². The van der Waals surface area contributed by atoms with Gasteiger partial charge in [0.1, 0.15) is 11.3 Å². The summed E-state index contributed by atoms with van der Waals surface area (Å²) in [7, 11) is 0. The summed E-state index contributed by atoms with van der Waals surface area (Å²) < 4.78 is 7.25. The molecule has 0 aliphatic carbocycles. The number of furan rings is 1. The van der Waals surface area contributed by atoms with Gasteiger partial charge in [-0.05, 0) is 24.3 Å². The summed E-state index contributed by atoms with van der Waals surface area (Å²) in [6.45, 7) is 0. The van der Waals surface area contributed by atoms with Gasteiger partial charge >= 0.3 is 5.97 Å². The van der Waals surface area contributed by atoms with Gasteiger partial charge in [0.2, 0.25) is 0 Å². The topological polar surface area (TPSA) is 80.6 Å². The summed E-state index contributed by atoms with van der Waals surface area (Å²) in [6.07, 6.45) is 1.62. The fraction of sp³-hybridized carbons (Fsp3) is 0. The largest absolute Gasteiger partial charge is 0.476 e. The number of nitrogens with zero attached hydrogens (tertiary/aromatic N) is 3. The van der Waals surface area contributed by atoms with Crippen LogP contribution in [0.4, 0.5) is 0 Å². The van der Waals surface area contributed by atoms with Gasteiger partial charge < -0.3 is 9.52 Å². The Morgan fingerprint density at radius 3 is 2.86 bits per heavy atom. The Balaban J connectivity index is 1.96. The zero-order chi connectivity index (χ0) is 14.4. The lowest BCUT2D eigenvalue weighted by Crippen LogP contribution is -2.05. The quantitative estimate of drug-likeness (QED) is 0.610. The minimum absolute atomic E-state index is 0.0436.